The number of nitrogens with zero attached hydrogens (tertiary/aromatic N) is 4. The highest BCUT2D eigenvalue weighted by molar-refractivity contribution is 14.0. The van der Waals surface area contributed by atoms with Crippen LogP contribution in [0.15, 0.2) is 29.3 Å². The number of carbonyl (C=O) groups is 1. The molecule has 1 aromatic rings. The molecule has 1 amide bonds. The van der Waals surface area contributed by atoms with Crippen molar-refractivity contribution in [2.45, 2.75) is 33.7 Å². The van der Waals surface area contributed by atoms with Gasteiger partial charge >= 0.3 is 0 Å². The first-order valence-electron chi connectivity index (χ1n) is 10.0. The van der Waals surface area contributed by atoms with Gasteiger partial charge in [0, 0.05) is 52.0 Å². The van der Waals surface area contributed by atoms with Crippen LogP contribution in [0, 0.1) is 10.1 Å². The first-order chi connectivity index (χ1) is 13.9. The summed E-state index contributed by atoms with van der Waals surface area (Å²) in [6, 6.07) is 6.31. The molecule has 170 valence electrons. The Morgan fingerprint density at radius 2 is 1.83 bits per heavy atom. The molecule has 0 fully saturated rings. The number of guanidine groups is 1. The van der Waals surface area contributed by atoms with Gasteiger partial charge in [-0.2, -0.15) is 0 Å². The number of benzene rings is 1. The smallest absolute Gasteiger partial charge is 0.269 e. The monoisotopic (exact) mass is 535 g/mol. The van der Waals surface area contributed by atoms with E-state index in [4.69, 9.17) is 4.74 Å². The number of likely N-dealkylation sites (N-methyl/N-ethyl adjacent to an activating group) is 2. The van der Waals surface area contributed by atoms with Crippen LogP contribution in [-0.4, -0.2) is 73.0 Å². The largest absolute Gasteiger partial charge is 0.382 e. The highest BCUT2D eigenvalue weighted by atomic mass is 127. The fourth-order valence-electron chi connectivity index (χ4n) is 2.67. The van der Waals surface area contributed by atoms with Gasteiger partial charge in [0.1, 0.15) is 0 Å². The van der Waals surface area contributed by atoms with E-state index >= 15 is 0 Å². The summed E-state index contributed by atoms with van der Waals surface area (Å²) in [5.74, 6) is 0.650. The zero-order valence-corrected chi connectivity index (χ0v) is 20.6. The first kappa shape index (κ1) is 28.1. The average Bonchev–Trinajstić information content (AvgIpc) is 2.71. The Bertz CT molecular complexity index is 666. The van der Waals surface area contributed by atoms with Crippen molar-refractivity contribution >= 4 is 41.5 Å². The number of rotatable bonds is 12. The number of aliphatic imine (C=N–C) groups is 1. The van der Waals surface area contributed by atoms with Crippen molar-refractivity contribution in [2.24, 2.45) is 4.99 Å². The van der Waals surface area contributed by atoms with E-state index in [9.17, 15) is 14.9 Å². The van der Waals surface area contributed by atoms with Crippen molar-refractivity contribution in [1.82, 2.24) is 15.1 Å². The molecule has 1 N–H and O–H groups in total. The zero-order valence-electron chi connectivity index (χ0n) is 18.3. The number of hydrogen-bond acceptors (Lipinski definition) is 5. The molecule has 0 aliphatic heterocycles. The quantitative estimate of drug-likeness (QED) is 0.110. The summed E-state index contributed by atoms with van der Waals surface area (Å²) in [7, 11) is 1.83. The third-order valence-corrected chi connectivity index (χ3v) is 4.36. The number of amides is 1. The maximum absolute atomic E-state index is 12.4. The van der Waals surface area contributed by atoms with Crippen molar-refractivity contribution in [3.8, 4) is 0 Å². The summed E-state index contributed by atoms with van der Waals surface area (Å²) in [5.41, 5.74) is 0.904. The topological polar surface area (TPSA) is 100 Å². The molecule has 0 saturated carbocycles. The van der Waals surface area contributed by atoms with E-state index in [2.05, 4.69) is 10.3 Å². The first-order valence-corrected chi connectivity index (χ1v) is 10.0. The molecule has 0 aliphatic rings. The Morgan fingerprint density at radius 3 is 2.37 bits per heavy atom. The Kier molecular flexibility index (Phi) is 14.8. The summed E-state index contributed by atoms with van der Waals surface area (Å²) in [6.07, 6.45) is 0.822. The number of nitro groups is 1. The predicted octanol–water partition coefficient (Wildman–Crippen LogP) is 2.89. The van der Waals surface area contributed by atoms with Crippen LogP contribution in [-0.2, 0) is 16.1 Å². The number of nitrogens with one attached hydrogen (secondary N) is 1. The van der Waals surface area contributed by atoms with Gasteiger partial charge in [-0.25, -0.2) is 4.99 Å². The van der Waals surface area contributed by atoms with Crippen molar-refractivity contribution < 1.29 is 14.5 Å². The summed E-state index contributed by atoms with van der Waals surface area (Å²) in [5, 5.41) is 14.1. The summed E-state index contributed by atoms with van der Waals surface area (Å²) < 4.78 is 5.35. The van der Waals surface area contributed by atoms with Crippen molar-refractivity contribution in [3.63, 3.8) is 0 Å². The Morgan fingerprint density at radius 1 is 1.20 bits per heavy atom. The molecule has 10 heteroatoms. The van der Waals surface area contributed by atoms with E-state index in [1.54, 1.807) is 21.9 Å². The van der Waals surface area contributed by atoms with E-state index in [0.717, 1.165) is 12.0 Å². The number of carbonyl (C=O) groups excluding carboxylic acids is 1. The maximum Gasteiger partial charge on any atom is 0.269 e. The number of nitro benzene ring substituents is 1. The SMILES string of the molecule is CCOCCCNC(=NCc1ccc([N+](=O)[O-])cc1)N(C)CC(=O)N(CC)CC.I. The molecule has 0 aromatic heterocycles. The standard InChI is InChI=1S/C20H33N5O4.HI/c1-5-24(6-2)19(26)16-23(4)20(21-13-8-14-29-7-3)22-15-17-9-11-18(12-10-17)25(27)28;/h9-12H,5-8,13-16H2,1-4H3,(H,21,22);1H. The van der Waals surface area contributed by atoms with Crippen LogP contribution in [0.25, 0.3) is 0 Å². The minimum Gasteiger partial charge on any atom is -0.382 e. The molecule has 9 nitrogen and oxygen atoms in total. The van der Waals surface area contributed by atoms with Crippen LogP contribution < -0.4 is 5.32 Å². The molecule has 1 aromatic carbocycles. The molecule has 0 atom stereocenters. The number of ether oxygens (including phenoxy) is 1. The van der Waals surface area contributed by atoms with Gasteiger partial charge in [-0.05, 0) is 32.8 Å². The molecular weight excluding hydrogens is 501 g/mol. The lowest BCUT2D eigenvalue weighted by Crippen LogP contribution is -2.46. The summed E-state index contributed by atoms with van der Waals surface area (Å²) in [4.78, 5) is 31.0. The van der Waals surface area contributed by atoms with Crippen LogP contribution in [0.5, 0.6) is 0 Å². The number of halogens is 1. The summed E-state index contributed by atoms with van der Waals surface area (Å²) >= 11 is 0. The second-order valence-corrected chi connectivity index (χ2v) is 6.46. The minimum absolute atomic E-state index is 0. The molecule has 0 saturated heterocycles. The lowest BCUT2D eigenvalue weighted by molar-refractivity contribution is -0.384. The highest BCUT2D eigenvalue weighted by Crippen LogP contribution is 2.12. The maximum atomic E-state index is 12.4. The van der Waals surface area contributed by atoms with E-state index in [0.29, 0.717) is 45.4 Å². The number of hydrogen-bond donors (Lipinski definition) is 1. The van der Waals surface area contributed by atoms with E-state index in [1.807, 2.05) is 27.8 Å². The van der Waals surface area contributed by atoms with Gasteiger partial charge in [-0.3, -0.25) is 14.9 Å². The van der Waals surface area contributed by atoms with Crippen molar-refractivity contribution in [3.05, 3.63) is 39.9 Å². The van der Waals surface area contributed by atoms with Gasteiger partial charge in [0.05, 0.1) is 18.0 Å². The van der Waals surface area contributed by atoms with Crippen LogP contribution >= 0.6 is 24.0 Å². The van der Waals surface area contributed by atoms with Gasteiger partial charge in [0.25, 0.3) is 5.69 Å². The predicted molar refractivity (Wildman–Crippen MR) is 129 cm³/mol. The van der Waals surface area contributed by atoms with Crippen LogP contribution in [0.3, 0.4) is 0 Å². The lowest BCUT2D eigenvalue weighted by atomic mass is 10.2. The Balaban J connectivity index is 0.00000841. The fourth-order valence-corrected chi connectivity index (χ4v) is 2.67. The molecule has 0 spiro atoms. The second-order valence-electron chi connectivity index (χ2n) is 6.46. The third kappa shape index (κ3) is 10.2. The van der Waals surface area contributed by atoms with E-state index < -0.39 is 4.92 Å². The number of non-ortho nitro benzene ring substituents is 1. The molecule has 0 aliphatic carbocycles. The Hall–Kier alpha value is -1.95. The molecule has 0 radical (unpaired) electrons. The normalized spacial score (nSPS) is 10.9. The molecule has 0 heterocycles. The molecule has 1 rings (SSSR count). The third-order valence-electron chi connectivity index (χ3n) is 4.36. The van der Waals surface area contributed by atoms with Gasteiger partial charge in [0.15, 0.2) is 5.96 Å². The molecule has 30 heavy (non-hydrogen) atoms. The highest BCUT2D eigenvalue weighted by Gasteiger charge is 2.15. The molecule has 0 unspecified atom stereocenters. The van der Waals surface area contributed by atoms with Crippen molar-refractivity contribution in [2.75, 3.05) is 46.4 Å². The molecule has 0 bridgehead atoms. The van der Waals surface area contributed by atoms with E-state index in [1.165, 1.54) is 12.1 Å². The van der Waals surface area contributed by atoms with Gasteiger partial charge in [0.2, 0.25) is 5.91 Å². The van der Waals surface area contributed by atoms with E-state index in [-0.39, 0.29) is 42.1 Å². The van der Waals surface area contributed by atoms with Gasteiger partial charge in [-0.1, -0.05) is 12.1 Å². The average molecular weight is 535 g/mol. The van der Waals surface area contributed by atoms with Crippen molar-refractivity contribution in [1.29, 1.82) is 0 Å². The second kappa shape index (κ2) is 15.8. The van der Waals surface area contributed by atoms with Crippen LogP contribution in [0.1, 0.15) is 32.8 Å². The lowest BCUT2D eigenvalue weighted by Gasteiger charge is -2.26. The van der Waals surface area contributed by atoms with Crippen LogP contribution in [0.2, 0.25) is 0 Å². The summed E-state index contributed by atoms with van der Waals surface area (Å²) in [6.45, 7) is 9.78. The Labute approximate surface area is 196 Å². The minimum atomic E-state index is -0.426. The van der Waals surface area contributed by atoms with Crippen LogP contribution in [0.4, 0.5) is 5.69 Å². The zero-order chi connectivity index (χ0) is 21.6. The molecular formula is C20H34IN5O4. The van der Waals surface area contributed by atoms with Gasteiger partial charge < -0.3 is 19.9 Å². The van der Waals surface area contributed by atoms with Gasteiger partial charge in [-0.15, -0.1) is 24.0 Å². The fraction of sp³-hybridized carbons (Fsp3) is 0.600.